The number of ether oxygens (including phenoxy) is 1. The minimum Gasteiger partial charge on any atom is -0.496 e. The van der Waals surface area contributed by atoms with Crippen LogP contribution in [0.2, 0.25) is 0 Å². The molecule has 3 nitrogen and oxygen atoms in total. The molecular formula is C12H18N2OS. The lowest BCUT2D eigenvalue weighted by atomic mass is 10.2. The normalized spacial score (nSPS) is 20.7. The maximum Gasteiger partial charge on any atom is 0.134 e. The Morgan fingerprint density at radius 3 is 3.06 bits per heavy atom. The lowest BCUT2D eigenvalue weighted by Crippen LogP contribution is -2.31. The molecule has 1 fully saturated rings. The van der Waals surface area contributed by atoms with Gasteiger partial charge in [-0.3, -0.25) is 0 Å². The Kier molecular flexibility index (Phi) is 3.96. The monoisotopic (exact) mass is 238 g/mol. The number of nitrogens with one attached hydrogen (secondary N) is 1. The van der Waals surface area contributed by atoms with E-state index in [0.717, 1.165) is 24.5 Å². The van der Waals surface area contributed by atoms with Gasteiger partial charge in [-0.1, -0.05) is 0 Å². The predicted molar refractivity (Wildman–Crippen MR) is 69.2 cm³/mol. The number of nitrogens with two attached hydrogens (primary N) is 1. The van der Waals surface area contributed by atoms with Crippen molar-refractivity contribution in [3.8, 4) is 5.75 Å². The van der Waals surface area contributed by atoms with Gasteiger partial charge in [0.15, 0.2) is 0 Å². The van der Waals surface area contributed by atoms with Crippen LogP contribution in [0.1, 0.15) is 12.8 Å². The largest absolute Gasteiger partial charge is 0.496 e. The molecule has 0 bridgehead atoms. The summed E-state index contributed by atoms with van der Waals surface area (Å²) >= 11 is 1.88. The Balaban J connectivity index is 2.07. The van der Waals surface area contributed by atoms with Gasteiger partial charge in [0.2, 0.25) is 0 Å². The second kappa shape index (κ2) is 5.46. The van der Waals surface area contributed by atoms with E-state index >= 15 is 0 Å². The van der Waals surface area contributed by atoms with Gasteiger partial charge in [-0.05, 0) is 31.5 Å². The molecule has 0 aliphatic carbocycles. The summed E-state index contributed by atoms with van der Waals surface area (Å²) < 4.78 is 5.35. The average Bonchev–Trinajstić information content (AvgIpc) is 2.33. The standard InChI is InChI=1S/C12H18N2OS/c1-15-11-7-9(13)4-5-12(11)16-10-3-2-6-14-8-10/h4-5,7,10,14H,2-3,6,8,13H2,1H3. The van der Waals surface area contributed by atoms with Crippen LogP contribution in [-0.4, -0.2) is 25.4 Å². The predicted octanol–water partition coefficient (Wildman–Crippen LogP) is 2.12. The molecule has 0 aromatic heterocycles. The summed E-state index contributed by atoms with van der Waals surface area (Å²) in [6.45, 7) is 2.23. The number of benzene rings is 1. The van der Waals surface area contributed by atoms with Gasteiger partial charge in [-0.25, -0.2) is 0 Å². The molecule has 2 rings (SSSR count). The molecule has 1 saturated heterocycles. The number of anilines is 1. The smallest absolute Gasteiger partial charge is 0.134 e. The van der Waals surface area contributed by atoms with Gasteiger partial charge < -0.3 is 15.8 Å². The van der Waals surface area contributed by atoms with Crippen molar-refractivity contribution in [3.63, 3.8) is 0 Å². The lowest BCUT2D eigenvalue weighted by Gasteiger charge is -2.22. The molecule has 0 radical (unpaired) electrons. The van der Waals surface area contributed by atoms with Gasteiger partial charge in [0.1, 0.15) is 5.75 Å². The van der Waals surface area contributed by atoms with Crippen LogP contribution in [0.25, 0.3) is 0 Å². The van der Waals surface area contributed by atoms with E-state index in [1.165, 1.54) is 17.7 Å². The van der Waals surface area contributed by atoms with Crippen LogP contribution in [0.3, 0.4) is 0 Å². The Bertz CT molecular complexity index is 351. The van der Waals surface area contributed by atoms with Crippen molar-refractivity contribution in [2.24, 2.45) is 0 Å². The molecule has 0 saturated carbocycles. The molecule has 1 atom stereocenters. The van der Waals surface area contributed by atoms with E-state index in [2.05, 4.69) is 5.32 Å². The highest BCUT2D eigenvalue weighted by molar-refractivity contribution is 8.00. The molecule has 3 N–H and O–H groups in total. The molecule has 1 aliphatic heterocycles. The topological polar surface area (TPSA) is 47.3 Å². The summed E-state index contributed by atoms with van der Waals surface area (Å²) in [5.41, 5.74) is 6.49. The maximum absolute atomic E-state index is 5.73. The van der Waals surface area contributed by atoms with E-state index in [9.17, 15) is 0 Å². The van der Waals surface area contributed by atoms with Crippen molar-refractivity contribution in [2.75, 3.05) is 25.9 Å². The number of thioether (sulfide) groups is 1. The van der Waals surface area contributed by atoms with E-state index in [4.69, 9.17) is 10.5 Å². The van der Waals surface area contributed by atoms with Crippen LogP contribution < -0.4 is 15.8 Å². The first-order valence-corrected chi connectivity index (χ1v) is 6.48. The van der Waals surface area contributed by atoms with Gasteiger partial charge in [0.05, 0.1) is 7.11 Å². The van der Waals surface area contributed by atoms with E-state index in [0.29, 0.717) is 5.25 Å². The minimum absolute atomic E-state index is 0.645. The highest BCUT2D eigenvalue weighted by atomic mass is 32.2. The summed E-state index contributed by atoms with van der Waals surface area (Å²) in [6, 6.07) is 5.87. The molecule has 1 aromatic rings. The molecule has 1 aliphatic rings. The number of rotatable bonds is 3. The van der Waals surface area contributed by atoms with Crippen LogP contribution >= 0.6 is 11.8 Å². The molecule has 16 heavy (non-hydrogen) atoms. The summed E-state index contributed by atoms with van der Waals surface area (Å²) in [5, 5.41) is 4.06. The summed E-state index contributed by atoms with van der Waals surface area (Å²) in [4.78, 5) is 1.19. The van der Waals surface area contributed by atoms with Gasteiger partial charge in [-0.2, -0.15) is 0 Å². The minimum atomic E-state index is 0.645. The third kappa shape index (κ3) is 2.83. The van der Waals surface area contributed by atoms with E-state index in [-0.39, 0.29) is 0 Å². The first kappa shape index (κ1) is 11.6. The highest BCUT2D eigenvalue weighted by Gasteiger charge is 2.16. The van der Waals surface area contributed by atoms with Crippen LogP contribution in [0.5, 0.6) is 5.75 Å². The molecule has 1 aromatic carbocycles. The van der Waals surface area contributed by atoms with Crippen molar-refractivity contribution < 1.29 is 4.74 Å². The highest BCUT2D eigenvalue weighted by Crippen LogP contribution is 2.35. The average molecular weight is 238 g/mol. The number of piperidine rings is 1. The number of hydrogen-bond donors (Lipinski definition) is 2. The molecule has 88 valence electrons. The van der Waals surface area contributed by atoms with Gasteiger partial charge in [0.25, 0.3) is 0 Å². The van der Waals surface area contributed by atoms with E-state index in [1.807, 2.05) is 30.0 Å². The second-order valence-corrected chi connectivity index (χ2v) is 5.34. The number of methoxy groups -OCH3 is 1. The Morgan fingerprint density at radius 2 is 2.38 bits per heavy atom. The first-order chi connectivity index (χ1) is 7.79. The Labute approximate surface area is 101 Å². The van der Waals surface area contributed by atoms with Crippen molar-refractivity contribution in [1.82, 2.24) is 5.32 Å². The lowest BCUT2D eigenvalue weighted by molar-refractivity contribution is 0.405. The maximum atomic E-state index is 5.73. The van der Waals surface area contributed by atoms with Crippen LogP contribution in [0.4, 0.5) is 5.69 Å². The van der Waals surface area contributed by atoms with Gasteiger partial charge in [0, 0.05) is 28.4 Å². The van der Waals surface area contributed by atoms with Gasteiger partial charge >= 0.3 is 0 Å². The zero-order valence-corrected chi connectivity index (χ0v) is 10.3. The zero-order valence-electron chi connectivity index (χ0n) is 9.53. The van der Waals surface area contributed by atoms with Crippen molar-refractivity contribution in [1.29, 1.82) is 0 Å². The molecule has 1 heterocycles. The van der Waals surface area contributed by atoms with Crippen molar-refractivity contribution in [3.05, 3.63) is 18.2 Å². The fourth-order valence-electron chi connectivity index (χ4n) is 1.88. The zero-order chi connectivity index (χ0) is 11.4. The molecule has 0 amide bonds. The molecule has 1 unspecified atom stereocenters. The second-order valence-electron chi connectivity index (χ2n) is 4.00. The fourth-order valence-corrected chi connectivity index (χ4v) is 3.13. The van der Waals surface area contributed by atoms with Crippen LogP contribution in [-0.2, 0) is 0 Å². The van der Waals surface area contributed by atoms with Gasteiger partial charge in [-0.15, -0.1) is 11.8 Å². The van der Waals surface area contributed by atoms with Crippen LogP contribution in [0.15, 0.2) is 23.1 Å². The van der Waals surface area contributed by atoms with E-state index < -0.39 is 0 Å². The summed E-state index contributed by atoms with van der Waals surface area (Å²) in [5.74, 6) is 0.885. The fraction of sp³-hybridized carbons (Fsp3) is 0.500. The number of nitrogen functional groups attached to an aromatic ring is 1. The van der Waals surface area contributed by atoms with Crippen LogP contribution in [0, 0.1) is 0 Å². The summed E-state index contributed by atoms with van der Waals surface area (Å²) in [7, 11) is 1.69. The molecular weight excluding hydrogens is 220 g/mol. The van der Waals surface area contributed by atoms with Crippen molar-refractivity contribution in [2.45, 2.75) is 23.0 Å². The van der Waals surface area contributed by atoms with E-state index in [1.54, 1.807) is 7.11 Å². The summed E-state index contributed by atoms with van der Waals surface area (Å²) in [6.07, 6.45) is 2.53. The Hall–Kier alpha value is -0.870. The quantitative estimate of drug-likeness (QED) is 0.792. The van der Waals surface area contributed by atoms with Crippen molar-refractivity contribution >= 4 is 17.4 Å². The Morgan fingerprint density at radius 1 is 1.50 bits per heavy atom. The molecule has 0 spiro atoms. The molecule has 4 heteroatoms. The SMILES string of the molecule is COc1cc(N)ccc1SC1CCCNC1. The third-order valence-corrected chi connectivity index (χ3v) is 4.06. The number of hydrogen-bond acceptors (Lipinski definition) is 4. The first-order valence-electron chi connectivity index (χ1n) is 5.60. The third-order valence-electron chi connectivity index (χ3n) is 2.73.